The molecule has 0 bridgehead atoms. The summed E-state index contributed by atoms with van der Waals surface area (Å²) in [7, 11) is 0. The lowest BCUT2D eigenvalue weighted by Crippen LogP contribution is -2.17. The van der Waals surface area contributed by atoms with Crippen molar-refractivity contribution in [1.29, 1.82) is 0 Å². The molecule has 0 amide bonds. The van der Waals surface area contributed by atoms with Gasteiger partial charge in [0.1, 0.15) is 6.10 Å². The Morgan fingerprint density at radius 1 is 1.65 bits per heavy atom. The highest BCUT2D eigenvalue weighted by Crippen LogP contribution is 2.21. The summed E-state index contributed by atoms with van der Waals surface area (Å²) < 4.78 is 11.0. The molecular weight excluding hydrogens is 240 g/mol. The van der Waals surface area contributed by atoms with E-state index in [1.165, 1.54) is 0 Å². The average Bonchev–Trinajstić information content (AvgIpc) is 2.82. The minimum atomic E-state index is 0.121. The van der Waals surface area contributed by atoms with Gasteiger partial charge in [0, 0.05) is 25.2 Å². The third-order valence-corrected chi connectivity index (χ3v) is 2.99. The van der Waals surface area contributed by atoms with E-state index < -0.39 is 0 Å². The second-order valence-electron chi connectivity index (χ2n) is 4.00. The maximum Gasteiger partial charge on any atom is 0.213 e. The fourth-order valence-electron chi connectivity index (χ4n) is 1.69. The van der Waals surface area contributed by atoms with Crippen molar-refractivity contribution in [2.75, 3.05) is 19.8 Å². The molecular formula is C12H17ClN2O2. The monoisotopic (exact) mass is 256 g/mol. The Hall–Kier alpha value is -0.840. The number of aromatic nitrogens is 1. The van der Waals surface area contributed by atoms with Crippen molar-refractivity contribution in [1.82, 2.24) is 10.3 Å². The van der Waals surface area contributed by atoms with Gasteiger partial charge >= 0.3 is 0 Å². The van der Waals surface area contributed by atoms with Crippen LogP contribution in [0.25, 0.3) is 0 Å². The highest BCUT2D eigenvalue weighted by Gasteiger charge is 2.18. The summed E-state index contributed by atoms with van der Waals surface area (Å²) in [4.78, 5) is 4.17. The number of hydrogen-bond donors (Lipinski definition) is 1. The molecule has 94 valence electrons. The van der Waals surface area contributed by atoms with E-state index in [4.69, 9.17) is 21.1 Å². The molecule has 1 aliphatic rings. The molecule has 1 fully saturated rings. The van der Waals surface area contributed by atoms with E-state index >= 15 is 0 Å². The van der Waals surface area contributed by atoms with E-state index in [0.717, 1.165) is 31.7 Å². The standard InChI is InChI=1S/C12H17ClN2O2/c1-2-14-6-9-5-12(15-7-11(9)13)17-10-3-4-16-8-10/h5,7,10,14H,2-4,6,8H2,1H3. The van der Waals surface area contributed by atoms with Crippen molar-refractivity contribution in [3.8, 4) is 5.88 Å². The summed E-state index contributed by atoms with van der Waals surface area (Å²) in [6.45, 7) is 5.11. The van der Waals surface area contributed by atoms with Crippen LogP contribution in [0.4, 0.5) is 0 Å². The van der Waals surface area contributed by atoms with Crippen molar-refractivity contribution in [2.24, 2.45) is 0 Å². The van der Waals surface area contributed by atoms with Gasteiger partial charge in [-0.15, -0.1) is 0 Å². The molecule has 1 N–H and O–H groups in total. The number of ether oxygens (including phenoxy) is 2. The largest absolute Gasteiger partial charge is 0.472 e. The number of halogens is 1. The predicted octanol–water partition coefficient (Wildman–Crippen LogP) is 2.01. The molecule has 1 aromatic rings. The first-order valence-corrected chi connectivity index (χ1v) is 6.27. The summed E-state index contributed by atoms with van der Waals surface area (Å²) in [5.74, 6) is 0.623. The van der Waals surface area contributed by atoms with Gasteiger partial charge in [-0.2, -0.15) is 0 Å². The molecule has 0 radical (unpaired) electrons. The van der Waals surface area contributed by atoms with Gasteiger partial charge in [-0.3, -0.25) is 0 Å². The molecule has 0 aliphatic carbocycles. The zero-order valence-corrected chi connectivity index (χ0v) is 10.7. The van der Waals surface area contributed by atoms with Crippen LogP contribution in [0.15, 0.2) is 12.3 Å². The van der Waals surface area contributed by atoms with Gasteiger partial charge in [0.2, 0.25) is 5.88 Å². The first-order valence-electron chi connectivity index (χ1n) is 5.89. The topological polar surface area (TPSA) is 43.4 Å². The molecule has 0 saturated carbocycles. The smallest absolute Gasteiger partial charge is 0.213 e. The van der Waals surface area contributed by atoms with Crippen molar-refractivity contribution in [3.63, 3.8) is 0 Å². The lowest BCUT2D eigenvalue weighted by Gasteiger charge is -2.12. The molecule has 4 nitrogen and oxygen atoms in total. The normalized spacial score (nSPS) is 19.5. The first-order chi connectivity index (χ1) is 8.29. The van der Waals surface area contributed by atoms with E-state index in [0.29, 0.717) is 17.5 Å². The van der Waals surface area contributed by atoms with Crippen LogP contribution in [0.5, 0.6) is 5.88 Å². The van der Waals surface area contributed by atoms with Gasteiger partial charge in [-0.05, 0) is 12.1 Å². The lowest BCUT2D eigenvalue weighted by atomic mass is 10.2. The average molecular weight is 257 g/mol. The highest BCUT2D eigenvalue weighted by molar-refractivity contribution is 6.31. The maximum absolute atomic E-state index is 6.07. The van der Waals surface area contributed by atoms with Crippen LogP contribution >= 0.6 is 11.6 Å². The molecule has 1 unspecified atom stereocenters. The third kappa shape index (κ3) is 3.56. The van der Waals surface area contributed by atoms with E-state index in [2.05, 4.69) is 17.2 Å². The number of rotatable bonds is 5. The molecule has 2 rings (SSSR count). The Bertz CT molecular complexity index is 368. The maximum atomic E-state index is 6.07. The molecule has 0 spiro atoms. The van der Waals surface area contributed by atoms with Crippen LogP contribution in [0.3, 0.4) is 0 Å². The highest BCUT2D eigenvalue weighted by atomic mass is 35.5. The molecule has 1 aliphatic heterocycles. The van der Waals surface area contributed by atoms with Crippen LogP contribution in [0.2, 0.25) is 5.02 Å². The number of nitrogens with one attached hydrogen (secondary N) is 1. The molecule has 0 aromatic carbocycles. The summed E-state index contributed by atoms with van der Waals surface area (Å²) in [5.41, 5.74) is 1.01. The van der Waals surface area contributed by atoms with Gasteiger partial charge in [0.25, 0.3) is 0 Å². The second-order valence-corrected chi connectivity index (χ2v) is 4.40. The minimum Gasteiger partial charge on any atom is -0.472 e. The molecule has 17 heavy (non-hydrogen) atoms. The zero-order valence-electron chi connectivity index (χ0n) is 9.91. The Balaban J connectivity index is 2.01. The van der Waals surface area contributed by atoms with E-state index in [1.54, 1.807) is 6.20 Å². The van der Waals surface area contributed by atoms with E-state index in [1.807, 2.05) is 6.07 Å². The molecule has 1 aromatic heterocycles. The summed E-state index contributed by atoms with van der Waals surface area (Å²) in [6.07, 6.45) is 2.68. The van der Waals surface area contributed by atoms with Gasteiger partial charge in [0.05, 0.1) is 18.2 Å². The Morgan fingerprint density at radius 3 is 3.24 bits per heavy atom. The van der Waals surface area contributed by atoms with E-state index in [-0.39, 0.29) is 6.10 Å². The summed E-state index contributed by atoms with van der Waals surface area (Å²) in [5, 5.41) is 3.90. The molecule has 5 heteroatoms. The van der Waals surface area contributed by atoms with Crippen LogP contribution in [0, 0.1) is 0 Å². The third-order valence-electron chi connectivity index (χ3n) is 2.65. The zero-order chi connectivity index (χ0) is 12.1. The molecule has 1 atom stereocenters. The van der Waals surface area contributed by atoms with Gasteiger partial charge < -0.3 is 14.8 Å². The Labute approximate surface area is 106 Å². The van der Waals surface area contributed by atoms with Gasteiger partial charge in [-0.25, -0.2) is 4.98 Å². The van der Waals surface area contributed by atoms with Crippen LogP contribution < -0.4 is 10.1 Å². The Kier molecular flexibility index (Phi) is 4.59. The SMILES string of the molecule is CCNCc1cc(OC2CCOC2)ncc1Cl. The van der Waals surface area contributed by atoms with Gasteiger partial charge in [0.15, 0.2) is 0 Å². The number of nitrogens with zero attached hydrogens (tertiary/aromatic N) is 1. The van der Waals surface area contributed by atoms with Gasteiger partial charge in [-0.1, -0.05) is 18.5 Å². The van der Waals surface area contributed by atoms with Crippen molar-refractivity contribution in [2.45, 2.75) is 26.0 Å². The molecule has 1 saturated heterocycles. The summed E-state index contributed by atoms with van der Waals surface area (Å²) >= 11 is 6.07. The number of hydrogen-bond acceptors (Lipinski definition) is 4. The van der Waals surface area contributed by atoms with Crippen LogP contribution in [0.1, 0.15) is 18.9 Å². The quantitative estimate of drug-likeness (QED) is 0.875. The van der Waals surface area contributed by atoms with Crippen LogP contribution in [-0.4, -0.2) is 30.8 Å². The minimum absolute atomic E-state index is 0.121. The Morgan fingerprint density at radius 2 is 2.53 bits per heavy atom. The lowest BCUT2D eigenvalue weighted by molar-refractivity contribution is 0.138. The van der Waals surface area contributed by atoms with Crippen molar-refractivity contribution >= 4 is 11.6 Å². The summed E-state index contributed by atoms with van der Waals surface area (Å²) in [6, 6.07) is 1.89. The van der Waals surface area contributed by atoms with Crippen LogP contribution in [-0.2, 0) is 11.3 Å². The molecule has 2 heterocycles. The number of pyridine rings is 1. The fourth-order valence-corrected chi connectivity index (χ4v) is 1.86. The van der Waals surface area contributed by atoms with E-state index in [9.17, 15) is 0 Å². The predicted molar refractivity (Wildman–Crippen MR) is 66.5 cm³/mol. The van der Waals surface area contributed by atoms with Crippen molar-refractivity contribution < 1.29 is 9.47 Å². The second kappa shape index (κ2) is 6.19. The fraction of sp³-hybridized carbons (Fsp3) is 0.583. The first kappa shape index (κ1) is 12.6. The van der Waals surface area contributed by atoms with Crippen molar-refractivity contribution in [3.05, 3.63) is 22.8 Å².